The Morgan fingerprint density at radius 3 is 2.77 bits per heavy atom. The van der Waals surface area contributed by atoms with Crippen molar-refractivity contribution in [2.45, 2.75) is 25.3 Å². The number of nitrogen functional groups attached to an aromatic ring is 1. The van der Waals surface area contributed by atoms with Crippen LogP contribution in [0.5, 0.6) is 5.75 Å². The van der Waals surface area contributed by atoms with Gasteiger partial charge in [-0.15, -0.1) is 0 Å². The summed E-state index contributed by atoms with van der Waals surface area (Å²) >= 11 is 0. The van der Waals surface area contributed by atoms with Gasteiger partial charge in [0.25, 0.3) is 0 Å². The maximum absolute atomic E-state index is 9.86. The van der Waals surface area contributed by atoms with Crippen LogP contribution < -0.4 is 5.73 Å². The molecule has 3 aromatic rings. The fourth-order valence-corrected chi connectivity index (χ4v) is 4.29. The number of phenols is 1. The van der Waals surface area contributed by atoms with E-state index >= 15 is 0 Å². The Balaban J connectivity index is 1.50. The molecule has 1 aromatic carbocycles. The molecule has 1 aliphatic carbocycles. The molecule has 2 aliphatic rings. The first-order chi connectivity index (χ1) is 12.7. The molecule has 1 saturated heterocycles. The average molecular weight is 349 g/mol. The molecular weight excluding hydrogens is 326 g/mol. The minimum Gasteiger partial charge on any atom is -0.508 e. The van der Waals surface area contributed by atoms with Crippen LogP contribution in [0.15, 0.2) is 36.8 Å². The van der Waals surface area contributed by atoms with E-state index in [0.29, 0.717) is 11.9 Å². The number of anilines is 1. The van der Waals surface area contributed by atoms with Gasteiger partial charge >= 0.3 is 0 Å². The highest BCUT2D eigenvalue weighted by atomic mass is 16.3. The van der Waals surface area contributed by atoms with Gasteiger partial charge in [-0.2, -0.15) is 0 Å². The van der Waals surface area contributed by atoms with Crippen LogP contribution in [0, 0.1) is 5.92 Å². The smallest absolute Gasteiger partial charge is 0.146 e. The normalized spacial score (nSPS) is 22.9. The Hall–Kier alpha value is -2.60. The van der Waals surface area contributed by atoms with Gasteiger partial charge in [-0.1, -0.05) is 12.1 Å². The molecule has 0 spiro atoms. The molecule has 0 amide bonds. The molecule has 0 radical (unpaired) electrons. The van der Waals surface area contributed by atoms with E-state index in [1.165, 1.54) is 45.2 Å². The number of hydrogen-bond donors (Lipinski definition) is 2. The van der Waals surface area contributed by atoms with Crippen molar-refractivity contribution >= 4 is 16.9 Å². The number of fused-ring (bicyclic) bond motifs is 1. The van der Waals surface area contributed by atoms with Gasteiger partial charge in [-0.3, -0.25) is 0 Å². The third kappa shape index (κ3) is 2.52. The topological polar surface area (TPSA) is 80.2 Å². The molecule has 0 bridgehead atoms. The second-order valence-electron chi connectivity index (χ2n) is 7.60. The molecule has 2 fully saturated rings. The molecular formula is C20H23N5O. The Morgan fingerprint density at radius 2 is 2.04 bits per heavy atom. The summed E-state index contributed by atoms with van der Waals surface area (Å²) in [5.74, 6) is 1.52. The van der Waals surface area contributed by atoms with E-state index in [1.54, 1.807) is 12.1 Å². The predicted octanol–water partition coefficient (Wildman–Crippen LogP) is 3.04. The Labute approximate surface area is 152 Å². The number of nitrogens with two attached hydrogens (primary N) is 1. The molecule has 26 heavy (non-hydrogen) atoms. The van der Waals surface area contributed by atoms with Crippen molar-refractivity contribution in [2.24, 2.45) is 5.92 Å². The molecule has 0 unspecified atom stereocenters. The van der Waals surface area contributed by atoms with Crippen LogP contribution in [-0.4, -0.2) is 44.2 Å². The summed E-state index contributed by atoms with van der Waals surface area (Å²) < 4.78 is 2.26. The summed E-state index contributed by atoms with van der Waals surface area (Å²) in [4.78, 5) is 11.3. The molecule has 3 N–H and O–H groups in total. The minimum absolute atomic E-state index is 0.247. The van der Waals surface area contributed by atoms with Crippen LogP contribution in [0.3, 0.4) is 0 Å². The van der Waals surface area contributed by atoms with Crippen molar-refractivity contribution in [3.63, 3.8) is 0 Å². The van der Waals surface area contributed by atoms with Crippen molar-refractivity contribution in [1.82, 2.24) is 19.4 Å². The maximum Gasteiger partial charge on any atom is 0.146 e. The van der Waals surface area contributed by atoms with E-state index in [-0.39, 0.29) is 5.75 Å². The lowest BCUT2D eigenvalue weighted by Crippen LogP contribution is -2.43. The Bertz CT molecular complexity index is 956. The fraction of sp³-hybridized carbons (Fsp3) is 0.400. The van der Waals surface area contributed by atoms with E-state index in [0.717, 1.165) is 28.1 Å². The average Bonchev–Trinajstić information content (AvgIpc) is 2.93. The van der Waals surface area contributed by atoms with Gasteiger partial charge in [-0.05, 0) is 56.0 Å². The number of nitrogens with zero attached hydrogens (tertiary/aromatic N) is 4. The molecule has 6 heteroatoms. The molecule has 1 saturated carbocycles. The van der Waals surface area contributed by atoms with Crippen molar-refractivity contribution < 1.29 is 5.11 Å². The summed E-state index contributed by atoms with van der Waals surface area (Å²) in [6.45, 7) is 3.75. The summed E-state index contributed by atoms with van der Waals surface area (Å²) in [5.41, 5.74) is 9.01. The first kappa shape index (κ1) is 15.6. The van der Waals surface area contributed by atoms with Crippen LogP contribution in [0.2, 0.25) is 0 Å². The molecule has 0 atom stereocenters. The quantitative estimate of drug-likeness (QED) is 0.757. The number of rotatable bonds is 4. The Kier molecular flexibility index (Phi) is 3.60. The number of phenolic OH excluding ortho intramolecular Hbond substituents is 1. The van der Waals surface area contributed by atoms with Gasteiger partial charge < -0.3 is 20.3 Å². The second-order valence-corrected chi connectivity index (χ2v) is 7.60. The zero-order valence-electron chi connectivity index (χ0n) is 14.7. The predicted molar refractivity (Wildman–Crippen MR) is 102 cm³/mol. The Morgan fingerprint density at radius 1 is 1.19 bits per heavy atom. The summed E-state index contributed by atoms with van der Waals surface area (Å²) in [6, 6.07) is 7.73. The van der Waals surface area contributed by atoms with Crippen molar-refractivity contribution in [2.75, 3.05) is 25.4 Å². The van der Waals surface area contributed by atoms with E-state index in [1.807, 2.05) is 12.1 Å². The lowest BCUT2D eigenvalue weighted by Gasteiger charge is -2.42. The molecule has 1 aliphatic heterocycles. The summed E-state index contributed by atoms with van der Waals surface area (Å²) in [7, 11) is 0. The van der Waals surface area contributed by atoms with E-state index in [9.17, 15) is 5.11 Å². The zero-order chi connectivity index (χ0) is 17.7. The van der Waals surface area contributed by atoms with Gasteiger partial charge in [0, 0.05) is 24.3 Å². The van der Waals surface area contributed by atoms with Gasteiger partial charge in [-0.25, -0.2) is 9.97 Å². The van der Waals surface area contributed by atoms with Crippen molar-refractivity contribution in [3.8, 4) is 16.9 Å². The van der Waals surface area contributed by atoms with Crippen LogP contribution in [0.25, 0.3) is 22.2 Å². The lowest BCUT2D eigenvalue weighted by atomic mass is 9.79. The van der Waals surface area contributed by atoms with Crippen molar-refractivity contribution in [1.29, 1.82) is 0 Å². The third-order valence-electron chi connectivity index (χ3n) is 5.87. The van der Waals surface area contributed by atoms with Gasteiger partial charge in [0.2, 0.25) is 0 Å². The highest BCUT2D eigenvalue weighted by Gasteiger charge is 2.34. The highest BCUT2D eigenvalue weighted by molar-refractivity contribution is 6.00. The SMILES string of the molecule is Nc1ncnc2c1c(-c1cccc(O)c1)cn2C1CC(CN2CCC2)C1. The van der Waals surface area contributed by atoms with Gasteiger partial charge in [0.15, 0.2) is 0 Å². The first-order valence-electron chi connectivity index (χ1n) is 9.32. The standard InChI is InChI=1S/C20H23N5O/c21-19-18-17(14-3-1-4-16(26)9-14)11-25(20(18)23-12-22-19)15-7-13(8-15)10-24-5-2-6-24/h1,3-4,9,11-13,15,26H,2,5-8,10H2,(H2,21,22,23). The number of hydrogen-bond acceptors (Lipinski definition) is 5. The molecule has 5 rings (SSSR count). The van der Waals surface area contributed by atoms with Crippen LogP contribution in [-0.2, 0) is 0 Å². The number of likely N-dealkylation sites (tertiary alicyclic amines) is 1. The van der Waals surface area contributed by atoms with E-state index in [4.69, 9.17) is 5.73 Å². The first-order valence-corrected chi connectivity index (χ1v) is 9.32. The highest BCUT2D eigenvalue weighted by Crippen LogP contribution is 2.43. The van der Waals surface area contributed by atoms with Crippen LogP contribution in [0.1, 0.15) is 25.3 Å². The fourth-order valence-electron chi connectivity index (χ4n) is 4.29. The molecule has 2 aromatic heterocycles. The zero-order valence-corrected chi connectivity index (χ0v) is 14.7. The number of aromatic hydroxyl groups is 1. The minimum atomic E-state index is 0.247. The van der Waals surface area contributed by atoms with Gasteiger partial charge in [0.05, 0.1) is 5.39 Å². The van der Waals surface area contributed by atoms with E-state index < -0.39 is 0 Å². The third-order valence-corrected chi connectivity index (χ3v) is 5.87. The van der Waals surface area contributed by atoms with Crippen LogP contribution >= 0.6 is 0 Å². The lowest BCUT2D eigenvalue weighted by molar-refractivity contribution is 0.0921. The largest absolute Gasteiger partial charge is 0.508 e. The maximum atomic E-state index is 9.86. The monoisotopic (exact) mass is 349 g/mol. The van der Waals surface area contributed by atoms with E-state index in [2.05, 4.69) is 25.6 Å². The van der Waals surface area contributed by atoms with Crippen molar-refractivity contribution in [3.05, 3.63) is 36.8 Å². The second kappa shape index (κ2) is 5.99. The number of benzene rings is 1. The molecule has 3 heterocycles. The van der Waals surface area contributed by atoms with Gasteiger partial charge in [0.1, 0.15) is 23.5 Å². The molecule has 6 nitrogen and oxygen atoms in total. The summed E-state index contributed by atoms with van der Waals surface area (Å²) in [5, 5.41) is 10.7. The van der Waals surface area contributed by atoms with Crippen LogP contribution in [0.4, 0.5) is 5.82 Å². The number of aromatic nitrogens is 3. The molecule has 134 valence electrons. The summed E-state index contributed by atoms with van der Waals surface area (Å²) in [6.07, 6.45) is 7.39.